The van der Waals surface area contributed by atoms with E-state index in [2.05, 4.69) is 30.4 Å². The maximum absolute atomic E-state index is 13.9. The minimum Gasteiger partial charge on any atom is -0.388 e. The van der Waals surface area contributed by atoms with Crippen molar-refractivity contribution in [2.45, 2.75) is 55.9 Å². The Balaban J connectivity index is 1.29. The fourth-order valence-electron chi connectivity index (χ4n) is 4.56. The van der Waals surface area contributed by atoms with E-state index in [-0.39, 0.29) is 31.7 Å². The smallest absolute Gasteiger partial charge is 0.256 e. The Hall–Kier alpha value is -3.52. The lowest BCUT2D eigenvalue weighted by Gasteiger charge is -2.16. The van der Waals surface area contributed by atoms with Crippen LogP contribution in [0.5, 0.6) is 0 Å². The van der Waals surface area contributed by atoms with Crippen molar-refractivity contribution in [3.63, 3.8) is 0 Å². The Kier molecular flexibility index (Phi) is 5.26. The first kappa shape index (κ1) is 22.9. The van der Waals surface area contributed by atoms with E-state index in [9.17, 15) is 22.3 Å². The molecule has 14 heteroatoms. The first-order valence-corrected chi connectivity index (χ1v) is 13.0. The molecule has 0 spiro atoms. The Labute approximate surface area is 204 Å². The number of nitrogens with zero attached hydrogens (tertiary/aromatic N) is 7. The minimum atomic E-state index is -3.50. The SMILES string of the molecule is O=S(=O)(C1CC1)n1cc(-c2nccc(Nc3cc4c(cn3)nc(CO)n4C3CCC(F)(F)C3)n2)cn1. The second-order valence-electron chi connectivity index (χ2n) is 9.10. The summed E-state index contributed by atoms with van der Waals surface area (Å²) in [6.45, 7) is -0.376. The number of alkyl halides is 2. The van der Waals surface area contributed by atoms with Crippen LogP contribution in [0.4, 0.5) is 20.4 Å². The van der Waals surface area contributed by atoms with Gasteiger partial charge in [0.05, 0.1) is 34.9 Å². The average Bonchev–Trinajstić information content (AvgIpc) is 3.33. The van der Waals surface area contributed by atoms with Crippen molar-refractivity contribution in [1.29, 1.82) is 0 Å². The molecule has 0 aliphatic heterocycles. The Morgan fingerprint density at radius 2 is 1.97 bits per heavy atom. The van der Waals surface area contributed by atoms with Gasteiger partial charge in [0.25, 0.3) is 10.0 Å². The van der Waals surface area contributed by atoms with Crippen molar-refractivity contribution in [2.24, 2.45) is 0 Å². The summed E-state index contributed by atoms with van der Waals surface area (Å²) in [4.78, 5) is 17.4. The van der Waals surface area contributed by atoms with Crippen molar-refractivity contribution in [2.75, 3.05) is 5.32 Å². The Morgan fingerprint density at radius 1 is 1.14 bits per heavy atom. The van der Waals surface area contributed by atoms with E-state index >= 15 is 0 Å². The summed E-state index contributed by atoms with van der Waals surface area (Å²) < 4.78 is 55.3. The maximum Gasteiger partial charge on any atom is 0.256 e. The highest BCUT2D eigenvalue weighted by atomic mass is 32.2. The monoisotopic (exact) mass is 516 g/mol. The summed E-state index contributed by atoms with van der Waals surface area (Å²) in [5.74, 6) is -1.36. The number of aliphatic hydroxyl groups is 1. The van der Waals surface area contributed by atoms with Crippen molar-refractivity contribution in [1.82, 2.24) is 33.7 Å². The van der Waals surface area contributed by atoms with Gasteiger partial charge in [0, 0.05) is 31.1 Å². The van der Waals surface area contributed by atoms with E-state index < -0.39 is 27.2 Å². The summed E-state index contributed by atoms with van der Waals surface area (Å²) in [6, 6.07) is 2.82. The third-order valence-electron chi connectivity index (χ3n) is 6.47. The quantitative estimate of drug-likeness (QED) is 0.379. The van der Waals surface area contributed by atoms with Crippen LogP contribution >= 0.6 is 0 Å². The molecule has 2 saturated carbocycles. The lowest BCUT2D eigenvalue weighted by atomic mass is 10.2. The molecule has 0 aromatic carbocycles. The van der Waals surface area contributed by atoms with E-state index in [0.29, 0.717) is 46.9 Å². The van der Waals surface area contributed by atoms with E-state index in [0.717, 1.165) is 4.09 Å². The molecule has 0 amide bonds. The molecule has 2 aliphatic rings. The molecule has 2 fully saturated rings. The van der Waals surface area contributed by atoms with E-state index in [1.54, 1.807) is 16.7 Å². The number of pyridine rings is 1. The van der Waals surface area contributed by atoms with Crippen LogP contribution in [0.25, 0.3) is 22.4 Å². The van der Waals surface area contributed by atoms with Crippen LogP contribution < -0.4 is 5.32 Å². The molecule has 0 radical (unpaired) electrons. The van der Waals surface area contributed by atoms with Gasteiger partial charge in [-0.15, -0.1) is 0 Å². The molecule has 0 saturated heterocycles. The van der Waals surface area contributed by atoms with Gasteiger partial charge in [-0.3, -0.25) is 0 Å². The van der Waals surface area contributed by atoms with Crippen LogP contribution in [-0.4, -0.2) is 58.4 Å². The molecule has 36 heavy (non-hydrogen) atoms. The van der Waals surface area contributed by atoms with Gasteiger partial charge in [0.15, 0.2) is 5.82 Å². The van der Waals surface area contributed by atoms with Crippen molar-refractivity contribution >= 4 is 32.7 Å². The fraction of sp³-hybridized carbons (Fsp3) is 0.409. The lowest BCUT2D eigenvalue weighted by molar-refractivity contribution is 0.00557. The van der Waals surface area contributed by atoms with Crippen molar-refractivity contribution in [3.8, 4) is 11.4 Å². The largest absolute Gasteiger partial charge is 0.388 e. The summed E-state index contributed by atoms with van der Waals surface area (Å²) in [5, 5.41) is 16.4. The molecule has 1 unspecified atom stereocenters. The van der Waals surface area contributed by atoms with Gasteiger partial charge in [-0.2, -0.15) is 9.19 Å². The molecule has 4 aromatic rings. The fourth-order valence-corrected chi connectivity index (χ4v) is 6.04. The molecular weight excluding hydrogens is 494 g/mol. The van der Waals surface area contributed by atoms with Gasteiger partial charge in [0.1, 0.15) is 29.6 Å². The first-order valence-electron chi connectivity index (χ1n) is 11.5. The van der Waals surface area contributed by atoms with Gasteiger partial charge in [-0.25, -0.2) is 37.1 Å². The Bertz CT molecular complexity index is 1560. The number of hydrogen-bond acceptors (Lipinski definition) is 9. The minimum absolute atomic E-state index is 0.208. The van der Waals surface area contributed by atoms with Crippen LogP contribution in [0.15, 0.2) is 36.9 Å². The zero-order valence-electron chi connectivity index (χ0n) is 18.9. The average molecular weight is 517 g/mol. The number of fused-ring (bicyclic) bond motifs is 1. The summed E-state index contributed by atoms with van der Waals surface area (Å²) in [5.41, 5.74) is 1.52. The van der Waals surface area contributed by atoms with Gasteiger partial charge < -0.3 is 15.0 Å². The molecule has 2 aliphatic carbocycles. The third-order valence-corrected chi connectivity index (χ3v) is 8.50. The van der Waals surface area contributed by atoms with E-state index in [4.69, 9.17) is 0 Å². The molecule has 6 rings (SSSR count). The third kappa shape index (κ3) is 4.09. The van der Waals surface area contributed by atoms with Crippen LogP contribution in [0.2, 0.25) is 0 Å². The molecule has 4 heterocycles. The highest BCUT2D eigenvalue weighted by Crippen LogP contribution is 2.43. The van der Waals surface area contributed by atoms with Crippen LogP contribution in [0.1, 0.15) is 44.0 Å². The van der Waals surface area contributed by atoms with Crippen LogP contribution in [0, 0.1) is 0 Å². The number of aromatic nitrogens is 7. The van der Waals surface area contributed by atoms with Crippen LogP contribution in [0.3, 0.4) is 0 Å². The van der Waals surface area contributed by atoms with Crippen LogP contribution in [-0.2, 0) is 16.6 Å². The standard InChI is InChI=1S/C22H22F2N8O3S/c23-22(24)5-3-14(8-22)32-17-7-19(26-10-16(17)28-20(32)12-33)29-18-4-6-25-21(30-18)13-9-27-31(11-13)36(34,35)15-1-2-15/h4,6-7,9-11,14-15,33H,1-3,5,8,12H2,(H,25,26,29,30). The molecule has 2 N–H and O–H groups in total. The second kappa shape index (κ2) is 8.27. The maximum atomic E-state index is 13.9. The van der Waals surface area contributed by atoms with Gasteiger partial charge in [-0.1, -0.05) is 0 Å². The number of aliphatic hydroxyl groups excluding tert-OH is 1. The molecule has 4 aromatic heterocycles. The van der Waals surface area contributed by atoms with Gasteiger partial charge in [0.2, 0.25) is 5.92 Å². The molecule has 188 valence electrons. The lowest BCUT2D eigenvalue weighted by Crippen LogP contribution is -2.17. The topological polar surface area (TPSA) is 141 Å². The second-order valence-corrected chi connectivity index (χ2v) is 11.2. The number of hydrogen-bond donors (Lipinski definition) is 2. The number of anilines is 2. The number of imidazole rings is 1. The highest BCUT2D eigenvalue weighted by Gasteiger charge is 2.41. The Morgan fingerprint density at radius 3 is 2.69 bits per heavy atom. The summed E-state index contributed by atoms with van der Waals surface area (Å²) >= 11 is 0. The number of rotatable bonds is 7. The first-order chi connectivity index (χ1) is 17.2. The number of nitrogens with one attached hydrogen (secondary N) is 1. The summed E-state index contributed by atoms with van der Waals surface area (Å²) in [6.07, 6.45) is 6.85. The zero-order valence-corrected chi connectivity index (χ0v) is 19.7. The van der Waals surface area contributed by atoms with Crippen molar-refractivity contribution in [3.05, 3.63) is 42.7 Å². The van der Waals surface area contributed by atoms with E-state index in [1.807, 2.05) is 0 Å². The predicted octanol–water partition coefficient (Wildman–Crippen LogP) is 3.02. The molecule has 0 bridgehead atoms. The zero-order chi connectivity index (χ0) is 25.1. The summed E-state index contributed by atoms with van der Waals surface area (Å²) in [7, 11) is -3.50. The normalized spacial score (nSPS) is 19.7. The predicted molar refractivity (Wildman–Crippen MR) is 125 cm³/mol. The highest BCUT2D eigenvalue weighted by molar-refractivity contribution is 7.90. The van der Waals surface area contributed by atoms with Gasteiger partial charge in [-0.05, 0) is 25.3 Å². The van der Waals surface area contributed by atoms with Gasteiger partial charge >= 0.3 is 0 Å². The molecular formula is C22H22F2N8O3S. The van der Waals surface area contributed by atoms with E-state index in [1.165, 1.54) is 24.8 Å². The number of halogens is 2. The van der Waals surface area contributed by atoms with Crippen molar-refractivity contribution < 1.29 is 22.3 Å². The molecule has 1 atom stereocenters. The molecule has 11 nitrogen and oxygen atoms in total.